The molecule has 1 fully saturated rings. The van der Waals surface area contributed by atoms with Gasteiger partial charge in [0.1, 0.15) is 12.4 Å². The Balaban J connectivity index is 1.67. The maximum absolute atomic E-state index is 12.7. The third-order valence-electron chi connectivity index (χ3n) is 4.38. The van der Waals surface area contributed by atoms with Crippen molar-refractivity contribution >= 4 is 17.5 Å². The van der Waals surface area contributed by atoms with Crippen molar-refractivity contribution in [2.75, 3.05) is 13.1 Å². The summed E-state index contributed by atoms with van der Waals surface area (Å²) in [5.74, 6) is 1.35. The highest BCUT2D eigenvalue weighted by atomic mass is 35.5. The minimum Gasteiger partial charge on any atom is -0.489 e. The molecule has 1 atom stereocenters. The Morgan fingerprint density at radius 1 is 1.25 bits per heavy atom. The van der Waals surface area contributed by atoms with Gasteiger partial charge in [0, 0.05) is 29.2 Å². The first kappa shape index (κ1) is 16.8. The summed E-state index contributed by atoms with van der Waals surface area (Å²) in [5, 5.41) is 0.687. The first-order valence-electron chi connectivity index (χ1n) is 8.39. The van der Waals surface area contributed by atoms with Gasteiger partial charge in [0.2, 0.25) is 0 Å². The van der Waals surface area contributed by atoms with Gasteiger partial charge in [0.15, 0.2) is 0 Å². The maximum Gasteiger partial charge on any atom is 0.253 e. The number of likely N-dealkylation sites (tertiary alicyclic amines) is 1. The van der Waals surface area contributed by atoms with Crippen LogP contribution in [0.3, 0.4) is 0 Å². The van der Waals surface area contributed by atoms with Gasteiger partial charge in [-0.3, -0.25) is 4.79 Å². The van der Waals surface area contributed by atoms with E-state index in [1.807, 2.05) is 53.4 Å². The standard InChI is InChI=1S/C20H22ClNO2/c1-15-6-5-11-22(13-15)20(23)16-8-4-9-18(12-16)24-14-17-7-2-3-10-19(17)21/h2-4,7-10,12,15H,5-6,11,13-14H2,1H3/t15-/m0/s1. The molecule has 24 heavy (non-hydrogen) atoms. The van der Waals surface area contributed by atoms with E-state index in [0.717, 1.165) is 25.1 Å². The molecule has 1 amide bonds. The molecular formula is C20H22ClNO2. The van der Waals surface area contributed by atoms with Gasteiger partial charge in [0.05, 0.1) is 0 Å². The second-order valence-electron chi connectivity index (χ2n) is 6.41. The predicted molar refractivity (Wildman–Crippen MR) is 96.5 cm³/mol. The number of nitrogens with zero attached hydrogens (tertiary/aromatic N) is 1. The second-order valence-corrected chi connectivity index (χ2v) is 6.81. The number of ether oxygens (including phenoxy) is 1. The molecule has 1 aliphatic rings. The van der Waals surface area contributed by atoms with Crippen LogP contribution in [0.4, 0.5) is 0 Å². The van der Waals surface area contributed by atoms with Crippen LogP contribution >= 0.6 is 11.6 Å². The molecule has 3 nitrogen and oxygen atoms in total. The number of halogens is 1. The fourth-order valence-electron chi connectivity index (χ4n) is 3.05. The van der Waals surface area contributed by atoms with E-state index in [2.05, 4.69) is 6.92 Å². The Morgan fingerprint density at radius 2 is 2.08 bits per heavy atom. The highest BCUT2D eigenvalue weighted by Crippen LogP contribution is 2.22. The van der Waals surface area contributed by atoms with Crippen LogP contribution < -0.4 is 4.74 Å². The van der Waals surface area contributed by atoms with Crippen molar-refractivity contribution in [2.24, 2.45) is 5.92 Å². The maximum atomic E-state index is 12.7. The van der Waals surface area contributed by atoms with E-state index < -0.39 is 0 Å². The quantitative estimate of drug-likeness (QED) is 0.798. The Hall–Kier alpha value is -2.00. The number of benzene rings is 2. The van der Waals surface area contributed by atoms with E-state index in [1.165, 1.54) is 6.42 Å². The summed E-state index contributed by atoms with van der Waals surface area (Å²) in [6.45, 7) is 4.26. The van der Waals surface area contributed by atoms with Gasteiger partial charge in [-0.25, -0.2) is 0 Å². The number of rotatable bonds is 4. The topological polar surface area (TPSA) is 29.5 Å². The van der Waals surface area contributed by atoms with Gasteiger partial charge in [-0.1, -0.05) is 42.8 Å². The lowest BCUT2D eigenvalue weighted by atomic mass is 9.99. The number of hydrogen-bond donors (Lipinski definition) is 0. The highest BCUT2D eigenvalue weighted by molar-refractivity contribution is 6.31. The van der Waals surface area contributed by atoms with E-state index in [9.17, 15) is 4.79 Å². The summed E-state index contributed by atoms with van der Waals surface area (Å²) < 4.78 is 5.82. The van der Waals surface area contributed by atoms with Crippen LogP contribution in [0.15, 0.2) is 48.5 Å². The molecule has 1 aliphatic heterocycles. The second kappa shape index (κ2) is 7.71. The number of hydrogen-bond acceptors (Lipinski definition) is 2. The van der Waals surface area contributed by atoms with Crippen LogP contribution in [0.1, 0.15) is 35.7 Å². The van der Waals surface area contributed by atoms with Crippen LogP contribution in [-0.4, -0.2) is 23.9 Å². The molecule has 0 spiro atoms. The van der Waals surface area contributed by atoms with Crippen LogP contribution in [0.2, 0.25) is 5.02 Å². The van der Waals surface area contributed by atoms with Crippen molar-refractivity contribution in [2.45, 2.75) is 26.4 Å². The molecule has 126 valence electrons. The lowest BCUT2D eigenvalue weighted by Crippen LogP contribution is -2.39. The third kappa shape index (κ3) is 4.09. The number of carbonyl (C=O) groups excluding carboxylic acids is 1. The van der Waals surface area contributed by atoms with Crippen molar-refractivity contribution < 1.29 is 9.53 Å². The lowest BCUT2D eigenvalue weighted by molar-refractivity contribution is 0.0682. The highest BCUT2D eigenvalue weighted by Gasteiger charge is 2.22. The van der Waals surface area contributed by atoms with E-state index in [4.69, 9.17) is 16.3 Å². The fraction of sp³-hybridized carbons (Fsp3) is 0.350. The first-order chi connectivity index (χ1) is 11.6. The van der Waals surface area contributed by atoms with E-state index in [1.54, 1.807) is 0 Å². The molecule has 0 aromatic heterocycles. The summed E-state index contributed by atoms with van der Waals surface area (Å²) in [6, 6.07) is 15.0. The molecule has 0 aliphatic carbocycles. The van der Waals surface area contributed by atoms with E-state index in [-0.39, 0.29) is 5.91 Å². The van der Waals surface area contributed by atoms with Gasteiger partial charge < -0.3 is 9.64 Å². The first-order valence-corrected chi connectivity index (χ1v) is 8.77. The summed E-state index contributed by atoms with van der Waals surface area (Å²) in [7, 11) is 0. The Bertz CT molecular complexity index is 716. The smallest absolute Gasteiger partial charge is 0.253 e. The molecule has 0 N–H and O–H groups in total. The normalized spacial score (nSPS) is 17.6. The monoisotopic (exact) mass is 343 g/mol. The Labute approximate surface area is 148 Å². The van der Waals surface area contributed by atoms with Gasteiger partial charge in [-0.2, -0.15) is 0 Å². The van der Waals surface area contributed by atoms with Crippen LogP contribution in [0.5, 0.6) is 5.75 Å². The lowest BCUT2D eigenvalue weighted by Gasteiger charge is -2.31. The SMILES string of the molecule is C[C@H]1CCCN(C(=O)c2cccc(OCc3ccccc3Cl)c2)C1. The zero-order chi connectivity index (χ0) is 16.9. The molecule has 0 saturated carbocycles. The average molecular weight is 344 g/mol. The molecule has 4 heteroatoms. The summed E-state index contributed by atoms with van der Waals surface area (Å²) >= 11 is 6.15. The Kier molecular flexibility index (Phi) is 5.41. The number of piperidine rings is 1. The van der Waals surface area contributed by atoms with Crippen LogP contribution in [0, 0.1) is 5.92 Å². The Morgan fingerprint density at radius 3 is 2.88 bits per heavy atom. The summed E-state index contributed by atoms with van der Waals surface area (Å²) in [4.78, 5) is 14.6. The molecule has 0 radical (unpaired) electrons. The average Bonchev–Trinajstić information content (AvgIpc) is 2.61. The third-order valence-corrected chi connectivity index (χ3v) is 4.75. The molecule has 2 aromatic carbocycles. The summed E-state index contributed by atoms with van der Waals surface area (Å²) in [6.07, 6.45) is 2.28. The minimum absolute atomic E-state index is 0.0877. The molecule has 2 aromatic rings. The number of amides is 1. The summed E-state index contributed by atoms with van der Waals surface area (Å²) in [5.41, 5.74) is 1.61. The minimum atomic E-state index is 0.0877. The van der Waals surface area contributed by atoms with Crippen molar-refractivity contribution in [1.29, 1.82) is 0 Å². The zero-order valence-corrected chi connectivity index (χ0v) is 14.6. The molecule has 0 unspecified atom stereocenters. The van der Waals surface area contributed by atoms with Crippen molar-refractivity contribution in [1.82, 2.24) is 4.90 Å². The van der Waals surface area contributed by atoms with Gasteiger partial charge in [-0.05, 0) is 43.0 Å². The zero-order valence-electron chi connectivity index (χ0n) is 13.9. The van der Waals surface area contributed by atoms with Crippen LogP contribution in [0.25, 0.3) is 0 Å². The predicted octanol–water partition coefficient (Wildman–Crippen LogP) is 4.79. The molecule has 1 saturated heterocycles. The molecule has 1 heterocycles. The van der Waals surface area contributed by atoms with E-state index in [0.29, 0.717) is 28.9 Å². The largest absolute Gasteiger partial charge is 0.489 e. The van der Waals surface area contributed by atoms with Crippen LogP contribution in [-0.2, 0) is 6.61 Å². The number of carbonyl (C=O) groups is 1. The molecule has 3 rings (SSSR count). The van der Waals surface area contributed by atoms with E-state index >= 15 is 0 Å². The van der Waals surface area contributed by atoms with Crippen molar-refractivity contribution in [3.8, 4) is 5.75 Å². The van der Waals surface area contributed by atoms with Crippen molar-refractivity contribution in [3.63, 3.8) is 0 Å². The molecular weight excluding hydrogens is 322 g/mol. The molecule has 0 bridgehead atoms. The van der Waals surface area contributed by atoms with Gasteiger partial charge in [0.25, 0.3) is 5.91 Å². The van der Waals surface area contributed by atoms with Gasteiger partial charge in [-0.15, -0.1) is 0 Å². The van der Waals surface area contributed by atoms with Gasteiger partial charge >= 0.3 is 0 Å². The fourth-order valence-corrected chi connectivity index (χ4v) is 3.24. The van der Waals surface area contributed by atoms with Crippen molar-refractivity contribution in [3.05, 3.63) is 64.7 Å².